The molecular formula is C12H16N4O3. The lowest BCUT2D eigenvalue weighted by molar-refractivity contribution is -0.142. The highest BCUT2D eigenvalue weighted by atomic mass is 16.4. The molecule has 2 aliphatic carbocycles. The smallest absolute Gasteiger partial charge is 0.308 e. The summed E-state index contributed by atoms with van der Waals surface area (Å²) >= 11 is 0. The standard InChI is InChI=1S/C12H16N4O3/c17-11(10-14-9(15-16-10)6-4-5-6)13-8-3-1-2-7(8)12(18)19/h6-8H,1-5H2,(H,13,17)(H,18,19)(H,14,15,16). The molecule has 0 bridgehead atoms. The number of hydrogen-bond donors (Lipinski definition) is 3. The van der Waals surface area contributed by atoms with Crippen molar-refractivity contribution in [2.24, 2.45) is 5.92 Å². The maximum Gasteiger partial charge on any atom is 0.308 e. The lowest BCUT2D eigenvalue weighted by Gasteiger charge is -2.16. The molecule has 0 radical (unpaired) electrons. The third kappa shape index (κ3) is 2.45. The van der Waals surface area contributed by atoms with Gasteiger partial charge in [0.25, 0.3) is 5.91 Å². The summed E-state index contributed by atoms with van der Waals surface area (Å²) in [6.07, 6.45) is 4.30. The van der Waals surface area contributed by atoms with Gasteiger partial charge in [0.1, 0.15) is 5.82 Å². The third-order valence-corrected chi connectivity index (χ3v) is 3.82. The summed E-state index contributed by atoms with van der Waals surface area (Å²) in [6.45, 7) is 0. The molecule has 3 rings (SSSR count). The van der Waals surface area contributed by atoms with Crippen LogP contribution in [0.2, 0.25) is 0 Å². The summed E-state index contributed by atoms with van der Waals surface area (Å²) in [5.74, 6) is -0.458. The average molecular weight is 264 g/mol. The van der Waals surface area contributed by atoms with Crippen LogP contribution in [0, 0.1) is 5.92 Å². The van der Waals surface area contributed by atoms with Gasteiger partial charge in [-0.25, -0.2) is 4.98 Å². The number of carbonyl (C=O) groups excluding carboxylic acids is 1. The maximum atomic E-state index is 12.0. The van der Waals surface area contributed by atoms with E-state index in [1.165, 1.54) is 0 Å². The monoisotopic (exact) mass is 264 g/mol. The van der Waals surface area contributed by atoms with Crippen molar-refractivity contribution in [1.29, 1.82) is 0 Å². The van der Waals surface area contributed by atoms with Gasteiger partial charge in [-0.2, -0.15) is 0 Å². The Morgan fingerprint density at radius 1 is 1.26 bits per heavy atom. The predicted octanol–water partition coefficient (Wildman–Crippen LogP) is 0.665. The predicted molar refractivity (Wildman–Crippen MR) is 64.6 cm³/mol. The molecular weight excluding hydrogens is 248 g/mol. The van der Waals surface area contributed by atoms with Crippen molar-refractivity contribution in [2.45, 2.75) is 44.1 Å². The Hall–Kier alpha value is -1.92. The molecule has 2 unspecified atom stereocenters. The molecule has 0 saturated heterocycles. The Balaban J connectivity index is 1.64. The number of H-pyrrole nitrogens is 1. The summed E-state index contributed by atoms with van der Waals surface area (Å²) in [7, 11) is 0. The molecule has 7 nitrogen and oxygen atoms in total. The van der Waals surface area contributed by atoms with E-state index in [1.807, 2.05) is 0 Å². The normalized spacial score (nSPS) is 26.3. The topological polar surface area (TPSA) is 108 Å². The average Bonchev–Trinajstić information content (AvgIpc) is 2.92. The highest BCUT2D eigenvalue weighted by Crippen LogP contribution is 2.37. The Kier molecular flexibility index (Phi) is 2.96. The van der Waals surface area contributed by atoms with Gasteiger partial charge < -0.3 is 10.4 Å². The quantitative estimate of drug-likeness (QED) is 0.740. The van der Waals surface area contributed by atoms with Gasteiger partial charge in [0.2, 0.25) is 5.82 Å². The molecule has 0 aromatic carbocycles. The number of rotatable bonds is 4. The first-order valence-electron chi connectivity index (χ1n) is 6.61. The van der Waals surface area contributed by atoms with E-state index >= 15 is 0 Å². The molecule has 7 heteroatoms. The van der Waals surface area contributed by atoms with Crippen LogP contribution in [-0.2, 0) is 4.79 Å². The van der Waals surface area contributed by atoms with Crippen LogP contribution >= 0.6 is 0 Å². The van der Waals surface area contributed by atoms with E-state index in [4.69, 9.17) is 5.11 Å². The van der Waals surface area contributed by atoms with Crippen molar-refractivity contribution in [1.82, 2.24) is 20.5 Å². The molecule has 1 aromatic rings. The van der Waals surface area contributed by atoms with Gasteiger partial charge in [-0.1, -0.05) is 6.42 Å². The van der Waals surface area contributed by atoms with E-state index in [0.717, 1.165) is 25.1 Å². The molecule has 1 amide bonds. The second kappa shape index (κ2) is 4.64. The van der Waals surface area contributed by atoms with Gasteiger partial charge in [0.15, 0.2) is 0 Å². The zero-order valence-electron chi connectivity index (χ0n) is 10.4. The van der Waals surface area contributed by atoms with Crippen LogP contribution in [0.3, 0.4) is 0 Å². The van der Waals surface area contributed by atoms with Gasteiger partial charge in [-0.3, -0.25) is 14.7 Å². The van der Waals surface area contributed by atoms with E-state index < -0.39 is 11.9 Å². The van der Waals surface area contributed by atoms with Crippen molar-refractivity contribution in [2.75, 3.05) is 0 Å². The first-order chi connectivity index (χ1) is 9.15. The van der Waals surface area contributed by atoms with Gasteiger partial charge in [0, 0.05) is 12.0 Å². The molecule has 3 N–H and O–H groups in total. The number of aromatic amines is 1. The molecule has 1 heterocycles. The molecule has 2 aliphatic rings. The zero-order chi connectivity index (χ0) is 13.4. The van der Waals surface area contributed by atoms with Gasteiger partial charge in [0.05, 0.1) is 5.92 Å². The van der Waals surface area contributed by atoms with Gasteiger partial charge in [-0.15, -0.1) is 5.10 Å². The summed E-state index contributed by atoms with van der Waals surface area (Å²) < 4.78 is 0. The molecule has 102 valence electrons. The second-order valence-corrected chi connectivity index (χ2v) is 5.27. The Bertz CT molecular complexity index is 509. The fraction of sp³-hybridized carbons (Fsp3) is 0.667. The van der Waals surface area contributed by atoms with Crippen LogP contribution in [0.4, 0.5) is 0 Å². The Morgan fingerprint density at radius 2 is 2.05 bits per heavy atom. The second-order valence-electron chi connectivity index (χ2n) is 5.27. The summed E-state index contributed by atoms with van der Waals surface area (Å²) in [4.78, 5) is 27.2. The van der Waals surface area contributed by atoms with Crippen molar-refractivity contribution >= 4 is 11.9 Å². The van der Waals surface area contributed by atoms with Crippen LogP contribution in [-0.4, -0.2) is 38.2 Å². The minimum Gasteiger partial charge on any atom is -0.481 e. The number of hydrogen-bond acceptors (Lipinski definition) is 4. The van der Waals surface area contributed by atoms with E-state index in [2.05, 4.69) is 20.5 Å². The van der Waals surface area contributed by atoms with Crippen LogP contribution in [0.1, 0.15) is 54.5 Å². The van der Waals surface area contributed by atoms with Crippen molar-refractivity contribution in [3.8, 4) is 0 Å². The van der Waals surface area contributed by atoms with E-state index in [-0.39, 0.29) is 17.8 Å². The minimum absolute atomic E-state index is 0.109. The number of carboxylic acid groups (broad SMARTS) is 1. The van der Waals surface area contributed by atoms with Crippen molar-refractivity contribution in [3.63, 3.8) is 0 Å². The number of amides is 1. The molecule has 2 atom stereocenters. The SMILES string of the molecule is O=C(NC1CCCC1C(=O)O)c1n[nH]c(C2CC2)n1. The fourth-order valence-corrected chi connectivity index (χ4v) is 2.58. The first-order valence-corrected chi connectivity index (χ1v) is 6.61. The number of aliphatic carboxylic acids is 1. The first kappa shape index (κ1) is 12.1. The Labute approximate surface area is 109 Å². The van der Waals surface area contributed by atoms with Crippen molar-refractivity contribution < 1.29 is 14.7 Å². The van der Waals surface area contributed by atoms with Gasteiger partial charge in [-0.05, 0) is 25.7 Å². The largest absolute Gasteiger partial charge is 0.481 e. The van der Waals surface area contributed by atoms with E-state index in [9.17, 15) is 9.59 Å². The fourth-order valence-electron chi connectivity index (χ4n) is 2.58. The van der Waals surface area contributed by atoms with Crippen LogP contribution in [0.15, 0.2) is 0 Å². The van der Waals surface area contributed by atoms with Crippen molar-refractivity contribution in [3.05, 3.63) is 11.6 Å². The highest BCUT2D eigenvalue weighted by Gasteiger charge is 2.35. The van der Waals surface area contributed by atoms with Crippen LogP contribution < -0.4 is 5.32 Å². The molecule has 0 spiro atoms. The van der Waals surface area contributed by atoms with E-state index in [1.54, 1.807) is 0 Å². The molecule has 0 aliphatic heterocycles. The molecule has 2 saturated carbocycles. The Morgan fingerprint density at radius 3 is 2.74 bits per heavy atom. The molecule has 2 fully saturated rings. The number of carbonyl (C=O) groups is 2. The maximum absolute atomic E-state index is 12.0. The summed E-state index contributed by atoms with van der Waals surface area (Å²) in [5.41, 5.74) is 0. The lowest BCUT2D eigenvalue weighted by atomic mass is 10.0. The summed E-state index contributed by atoms with van der Waals surface area (Å²) in [5, 5.41) is 18.5. The zero-order valence-corrected chi connectivity index (χ0v) is 10.4. The summed E-state index contributed by atoms with van der Waals surface area (Å²) in [6, 6.07) is -0.312. The van der Waals surface area contributed by atoms with Crippen LogP contribution in [0.5, 0.6) is 0 Å². The molecule has 19 heavy (non-hydrogen) atoms. The molecule has 1 aromatic heterocycles. The minimum atomic E-state index is -0.851. The number of nitrogens with one attached hydrogen (secondary N) is 2. The lowest BCUT2D eigenvalue weighted by Crippen LogP contribution is -2.40. The van der Waals surface area contributed by atoms with Gasteiger partial charge >= 0.3 is 5.97 Å². The number of carboxylic acids is 1. The third-order valence-electron chi connectivity index (χ3n) is 3.82. The number of nitrogens with zero attached hydrogens (tertiary/aromatic N) is 2. The highest BCUT2D eigenvalue weighted by molar-refractivity contribution is 5.91. The number of aromatic nitrogens is 3. The van der Waals surface area contributed by atoms with E-state index in [0.29, 0.717) is 18.8 Å². The van der Waals surface area contributed by atoms with Crippen LogP contribution in [0.25, 0.3) is 0 Å².